The zero-order valence-corrected chi connectivity index (χ0v) is 18.3. The third-order valence-corrected chi connectivity index (χ3v) is 5.52. The predicted molar refractivity (Wildman–Crippen MR) is 130 cm³/mol. The zero-order chi connectivity index (χ0) is 22.9. The van der Waals surface area contributed by atoms with Crippen molar-refractivity contribution in [2.45, 2.75) is 6.54 Å². The Labute approximate surface area is 189 Å². The van der Waals surface area contributed by atoms with Gasteiger partial charge in [0.2, 0.25) is 5.91 Å². The smallest absolute Gasteiger partial charge is 0.293 e. The molecule has 1 amide bonds. The fraction of sp³-hybridized carbons (Fsp3) is 0.120. The number of rotatable bonds is 5. The summed E-state index contributed by atoms with van der Waals surface area (Å²) in [6.45, 7) is -0.195. The van der Waals surface area contributed by atoms with Crippen LogP contribution in [0.15, 0.2) is 83.9 Å². The van der Waals surface area contributed by atoms with Crippen LogP contribution in [0.4, 0.5) is 11.4 Å². The molecule has 0 atom stereocenters. The normalized spacial score (nSPS) is 11.1. The first-order valence-electron chi connectivity index (χ1n) is 10.5. The van der Waals surface area contributed by atoms with Crippen LogP contribution in [0.3, 0.4) is 0 Å². The van der Waals surface area contributed by atoms with Crippen LogP contribution in [0, 0.1) is 0 Å². The molecule has 0 radical (unpaired) electrons. The minimum Gasteiger partial charge on any atom is -0.378 e. The molecule has 2 aromatic heterocycles. The number of anilines is 2. The number of carbonyl (C=O) groups is 1. The highest BCUT2D eigenvalue weighted by atomic mass is 16.2. The number of nitrogens with zero attached hydrogens (tertiary/aromatic N) is 5. The van der Waals surface area contributed by atoms with Crippen LogP contribution in [0.2, 0.25) is 0 Å². The largest absolute Gasteiger partial charge is 0.378 e. The van der Waals surface area contributed by atoms with Gasteiger partial charge in [-0.1, -0.05) is 42.5 Å². The quantitative estimate of drug-likeness (QED) is 0.455. The van der Waals surface area contributed by atoms with Crippen molar-refractivity contribution in [2.24, 2.45) is 0 Å². The van der Waals surface area contributed by atoms with Crippen LogP contribution >= 0.6 is 0 Å². The molecular weight excluding hydrogens is 416 g/mol. The molecule has 33 heavy (non-hydrogen) atoms. The molecule has 8 heteroatoms. The van der Waals surface area contributed by atoms with E-state index < -0.39 is 0 Å². The molecule has 0 unspecified atom stereocenters. The Kier molecular flexibility index (Phi) is 5.10. The molecule has 5 aromatic rings. The Morgan fingerprint density at radius 3 is 2.55 bits per heavy atom. The molecule has 5 rings (SSSR count). The van der Waals surface area contributed by atoms with E-state index in [0.29, 0.717) is 16.9 Å². The van der Waals surface area contributed by atoms with E-state index in [1.807, 2.05) is 85.7 Å². The average molecular weight is 438 g/mol. The third-order valence-electron chi connectivity index (χ3n) is 5.52. The predicted octanol–water partition coefficient (Wildman–Crippen LogP) is 3.42. The maximum Gasteiger partial charge on any atom is 0.293 e. The Hall–Kier alpha value is -4.46. The van der Waals surface area contributed by atoms with E-state index >= 15 is 0 Å². The SMILES string of the molecule is CN(C)c1ccc(NC(=O)Cn2ncn3nc(-c4cccc5ccccc45)cc3c2=O)cc1. The van der Waals surface area contributed by atoms with Crippen LogP contribution < -0.4 is 15.8 Å². The van der Waals surface area contributed by atoms with Gasteiger partial charge >= 0.3 is 0 Å². The van der Waals surface area contributed by atoms with Crippen molar-refractivity contribution in [3.05, 3.63) is 89.5 Å². The van der Waals surface area contributed by atoms with Crippen LogP contribution in [0.1, 0.15) is 0 Å². The van der Waals surface area contributed by atoms with Gasteiger partial charge in [0, 0.05) is 31.0 Å². The van der Waals surface area contributed by atoms with Gasteiger partial charge in [-0.25, -0.2) is 9.20 Å². The molecule has 0 bridgehead atoms. The van der Waals surface area contributed by atoms with Crippen LogP contribution in [0.5, 0.6) is 0 Å². The van der Waals surface area contributed by atoms with E-state index in [-0.39, 0.29) is 18.0 Å². The van der Waals surface area contributed by atoms with Gasteiger partial charge in [0.25, 0.3) is 5.56 Å². The number of nitrogens with one attached hydrogen (secondary N) is 1. The summed E-state index contributed by atoms with van der Waals surface area (Å²) in [7, 11) is 3.90. The van der Waals surface area contributed by atoms with E-state index in [2.05, 4.69) is 15.5 Å². The van der Waals surface area contributed by atoms with E-state index in [1.54, 1.807) is 6.07 Å². The number of carbonyl (C=O) groups excluding carboxylic acids is 1. The number of amides is 1. The minimum atomic E-state index is -0.380. The van der Waals surface area contributed by atoms with Crippen molar-refractivity contribution in [3.8, 4) is 11.3 Å². The number of hydrogen-bond acceptors (Lipinski definition) is 5. The second kappa shape index (κ2) is 8.23. The summed E-state index contributed by atoms with van der Waals surface area (Å²) < 4.78 is 2.60. The van der Waals surface area contributed by atoms with E-state index in [1.165, 1.54) is 10.8 Å². The van der Waals surface area contributed by atoms with Crippen molar-refractivity contribution in [2.75, 3.05) is 24.3 Å². The highest BCUT2D eigenvalue weighted by Crippen LogP contribution is 2.27. The second-order valence-electron chi connectivity index (χ2n) is 7.97. The second-order valence-corrected chi connectivity index (χ2v) is 7.97. The van der Waals surface area contributed by atoms with Gasteiger partial charge in [-0.05, 0) is 41.1 Å². The highest BCUT2D eigenvalue weighted by molar-refractivity contribution is 5.96. The molecule has 3 aromatic carbocycles. The van der Waals surface area contributed by atoms with Crippen LogP contribution in [-0.2, 0) is 11.3 Å². The minimum absolute atomic E-state index is 0.195. The lowest BCUT2D eigenvalue weighted by Crippen LogP contribution is -2.30. The Bertz CT molecular complexity index is 1530. The first-order chi connectivity index (χ1) is 16.0. The molecule has 0 aliphatic heterocycles. The Morgan fingerprint density at radius 1 is 1.00 bits per heavy atom. The number of fused-ring (bicyclic) bond motifs is 2. The lowest BCUT2D eigenvalue weighted by Gasteiger charge is -2.13. The van der Waals surface area contributed by atoms with Gasteiger partial charge in [0.1, 0.15) is 18.4 Å². The molecule has 0 saturated heterocycles. The fourth-order valence-electron chi connectivity index (χ4n) is 3.81. The van der Waals surface area contributed by atoms with E-state index in [4.69, 9.17) is 0 Å². The monoisotopic (exact) mass is 438 g/mol. The van der Waals surface area contributed by atoms with Gasteiger partial charge in [-0.2, -0.15) is 10.2 Å². The number of benzene rings is 3. The molecule has 0 fully saturated rings. The topological polar surface area (TPSA) is 84.5 Å². The Balaban J connectivity index is 1.42. The highest BCUT2D eigenvalue weighted by Gasteiger charge is 2.14. The standard InChI is InChI=1S/C25H22N6O2/c1-29(2)19-12-10-18(11-13-19)27-24(32)15-30-25(33)23-14-22(28-31(23)16-26-30)21-9-5-7-17-6-3-4-8-20(17)21/h3-14,16H,15H2,1-2H3,(H,27,32). The molecule has 1 N–H and O–H groups in total. The van der Waals surface area contributed by atoms with Gasteiger partial charge in [0.15, 0.2) is 0 Å². The van der Waals surface area contributed by atoms with Crippen LogP contribution in [0.25, 0.3) is 27.5 Å². The molecule has 164 valence electrons. The summed E-state index contributed by atoms with van der Waals surface area (Å²) in [5.41, 5.74) is 3.27. The first kappa shape index (κ1) is 20.4. The Morgan fingerprint density at radius 2 is 1.76 bits per heavy atom. The lowest BCUT2D eigenvalue weighted by atomic mass is 10.0. The van der Waals surface area contributed by atoms with Gasteiger partial charge in [-0.15, -0.1) is 0 Å². The molecular formula is C25H22N6O2. The van der Waals surface area contributed by atoms with Gasteiger partial charge in [0.05, 0.1) is 5.69 Å². The summed E-state index contributed by atoms with van der Waals surface area (Å²) in [6, 6.07) is 23.2. The maximum atomic E-state index is 13.0. The fourth-order valence-corrected chi connectivity index (χ4v) is 3.81. The first-order valence-corrected chi connectivity index (χ1v) is 10.5. The van der Waals surface area contributed by atoms with Crippen molar-refractivity contribution >= 4 is 33.6 Å². The maximum absolute atomic E-state index is 13.0. The third kappa shape index (κ3) is 3.94. The van der Waals surface area contributed by atoms with Gasteiger partial charge < -0.3 is 10.2 Å². The van der Waals surface area contributed by atoms with Crippen LogP contribution in [-0.4, -0.2) is 39.4 Å². The summed E-state index contributed by atoms with van der Waals surface area (Å²) in [6.07, 6.45) is 1.45. The lowest BCUT2D eigenvalue weighted by molar-refractivity contribution is -0.117. The number of aromatic nitrogens is 4. The van der Waals surface area contributed by atoms with Gasteiger partial charge in [-0.3, -0.25) is 9.59 Å². The summed E-state index contributed by atoms with van der Waals surface area (Å²) in [5, 5.41) is 13.6. The van der Waals surface area contributed by atoms with E-state index in [9.17, 15) is 9.59 Å². The van der Waals surface area contributed by atoms with Crippen molar-refractivity contribution < 1.29 is 4.79 Å². The van der Waals surface area contributed by atoms with Crippen molar-refractivity contribution in [1.82, 2.24) is 19.4 Å². The average Bonchev–Trinajstić information content (AvgIpc) is 3.26. The molecule has 0 spiro atoms. The molecule has 8 nitrogen and oxygen atoms in total. The summed E-state index contributed by atoms with van der Waals surface area (Å²) in [4.78, 5) is 27.5. The summed E-state index contributed by atoms with van der Waals surface area (Å²) in [5.74, 6) is -0.333. The molecule has 0 aliphatic rings. The zero-order valence-electron chi connectivity index (χ0n) is 18.3. The van der Waals surface area contributed by atoms with E-state index in [0.717, 1.165) is 26.7 Å². The molecule has 0 saturated carbocycles. The molecule has 0 aliphatic carbocycles. The molecule has 2 heterocycles. The van der Waals surface area contributed by atoms with Crippen molar-refractivity contribution in [1.29, 1.82) is 0 Å². The summed E-state index contributed by atoms with van der Waals surface area (Å²) >= 11 is 0. The number of hydrogen-bond donors (Lipinski definition) is 1. The van der Waals surface area contributed by atoms with Crippen molar-refractivity contribution in [3.63, 3.8) is 0 Å².